The Morgan fingerprint density at radius 1 is 0.247 bits per heavy atom. The highest BCUT2D eigenvalue weighted by Crippen LogP contribution is 2.52. The standard InChI is InChI=1S/C74H57B3N4/c1-73(2,3)50-41-64-68-66(43-50)80-62-39-48(46-23-11-7-12-24-46)35-37-56(62)75-57-38-36-49(47-25-13-8-14-26-47)40-63(57)81-67-44-51(74(4,5)6)42-65-69(67)77(55-32-20-22-34-61(55)79(65)53-29-17-10-18-30-53)59-45-58(71(80)70(75)72(59)81)76(68)54-31-19-21-33-60(54)78(64)52-27-15-9-16-28-52/h7-45H,1-6H3. The molecule has 0 aromatic heterocycles. The first-order valence-corrected chi connectivity index (χ1v) is 28.9. The Morgan fingerprint density at radius 3 is 0.975 bits per heavy atom. The molecule has 0 bridgehead atoms. The van der Waals surface area contributed by atoms with Gasteiger partial charge in [-0.1, -0.05) is 205 Å². The highest BCUT2D eigenvalue weighted by Gasteiger charge is 2.55. The molecule has 0 aliphatic carbocycles. The minimum atomic E-state index is -0.155. The van der Waals surface area contributed by atoms with E-state index in [9.17, 15) is 0 Å². The van der Waals surface area contributed by atoms with Crippen molar-refractivity contribution in [3.63, 3.8) is 0 Å². The SMILES string of the molecule is CC(C)(C)c1cc2c3c(c1)N1c4cc(-c5ccccc5)ccc4B4c5ccc(-c6ccccc6)cc5N5c6cc(C(C)(C)C)cc7c6B(c6ccccc6N7c6ccccc6)c6cc(c1c4c65)B3c1ccccc1N2c1ccccc1. The lowest BCUT2D eigenvalue weighted by Crippen LogP contribution is -2.72. The molecule has 6 aliphatic heterocycles. The van der Waals surface area contributed by atoms with E-state index in [0.717, 1.165) is 11.4 Å². The van der Waals surface area contributed by atoms with Crippen LogP contribution in [0.25, 0.3) is 22.3 Å². The van der Waals surface area contributed by atoms with Gasteiger partial charge in [-0.2, -0.15) is 0 Å². The molecule has 0 radical (unpaired) electrons. The van der Waals surface area contributed by atoms with Gasteiger partial charge in [-0.25, -0.2) is 0 Å². The number of hydrogen-bond donors (Lipinski definition) is 0. The molecule has 17 rings (SSSR count). The number of hydrogen-bond acceptors (Lipinski definition) is 4. The van der Waals surface area contributed by atoms with Crippen LogP contribution >= 0.6 is 0 Å². The Morgan fingerprint density at radius 2 is 0.580 bits per heavy atom. The molecular formula is C74H57B3N4. The Kier molecular flexibility index (Phi) is 9.62. The summed E-state index contributed by atoms with van der Waals surface area (Å²) in [7, 11) is 0. The van der Waals surface area contributed by atoms with E-state index in [0.29, 0.717) is 0 Å². The Hall–Kier alpha value is -9.19. The van der Waals surface area contributed by atoms with Gasteiger partial charge in [0.25, 0.3) is 20.1 Å². The molecule has 0 atom stereocenters. The molecular weight excluding hydrogens is 977 g/mol. The van der Waals surface area contributed by atoms with Crippen LogP contribution in [0.15, 0.2) is 237 Å². The number of benzene rings is 11. The highest BCUT2D eigenvalue weighted by atomic mass is 15.2. The van der Waals surface area contributed by atoms with E-state index in [4.69, 9.17) is 0 Å². The van der Waals surface area contributed by atoms with Crippen molar-refractivity contribution in [3.8, 4) is 22.3 Å². The van der Waals surface area contributed by atoms with Crippen molar-refractivity contribution in [1.29, 1.82) is 0 Å². The molecule has 0 saturated heterocycles. The topological polar surface area (TPSA) is 13.0 Å². The quantitative estimate of drug-likeness (QED) is 0.163. The second kappa shape index (κ2) is 16.7. The maximum absolute atomic E-state index is 2.75. The van der Waals surface area contributed by atoms with E-state index >= 15 is 0 Å². The second-order valence-electron chi connectivity index (χ2n) is 25.2. The summed E-state index contributed by atoms with van der Waals surface area (Å²) >= 11 is 0. The third-order valence-electron chi connectivity index (χ3n) is 18.7. The molecule has 4 nitrogen and oxygen atoms in total. The summed E-state index contributed by atoms with van der Waals surface area (Å²) in [6.07, 6.45) is 0. The summed E-state index contributed by atoms with van der Waals surface area (Å²) in [5.74, 6) is 0. The smallest absolute Gasteiger partial charge is 0.252 e. The predicted molar refractivity (Wildman–Crippen MR) is 347 cm³/mol. The molecule has 0 N–H and O–H groups in total. The minimum Gasteiger partial charge on any atom is -0.312 e. The lowest BCUT2D eigenvalue weighted by molar-refractivity contribution is 0.590. The van der Waals surface area contributed by atoms with Crippen molar-refractivity contribution >= 4 is 138 Å². The van der Waals surface area contributed by atoms with Gasteiger partial charge in [0.1, 0.15) is 0 Å². The summed E-state index contributed by atoms with van der Waals surface area (Å²) < 4.78 is 0. The fraction of sp³-hybridized carbons (Fsp3) is 0.108. The van der Waals surface area contributed by atoms with Gasteiger partial charge in [-0.05, 0) is 166 Å². The van der Waals surface area contributed by atoms with Crippen molar-refractivity contribution in [1.82, 2.24) is 0 Å². The molecule has 6 aliphatic rings. The Bertz CT molecular complexity index is 4190. The molecule has 81 heavy (non-hydrogen) atoms. The summed E-state index contributed by atoms with van der Waals surface area (Å²) in [6, 6.07) is 90.5. The van der Waals surface area contributed by atoms with Crippen LogP contribution in [0.1, 0.15) is 52.7 Å². The molecule has 6 heterocycles. The molecule has 0 fully saturated rings. The van der Waals surface area contributed by atoms with Crippen LogP contribution < -0.4 is 68.8 Å². The van der Waals surface area contributed by atoms with Gasteiger partial charge in [0.2, 0.25) is 0 Å². The lowest BCUT2D eigenvalue weighted by atomic mass is 9.25. The highest BCUT2D eigenvalue weighted by molar-refractivity contribution is 7.07. The minimum absolute atomic E-state index is 0.0634. The van der Waals surface area contributed by atoms with Crippen LogP contribution in [0.2, 0.25) is 0 Å². The molecule has 0 unspecified atom stereocenters. The molecule has 0 spiro atoms. The van der Waals surface area contributed by atoms with E-state index in [1.807, 2.05) is 0 Å². The molecule has 0 saturated carbocycles. The maximum atomic E-state index is 2.75. The van der Waals surface area contributed by atoms with E-state index in [1.165, 1.54) is 139 Å². The van der Waals surface area contributed by atoms with Crippen LogP contribution in [0, 0.1) is 0 Å². The van der Waals surface area contributed by atoms with Crippen LogP contribution in [0.5, 0.6) is 0 Å². The third kappa shape index (κ3) is 6.52. The van der Waals surface area contributed by atoms with Gasteiger partial charge < -0.3 is 19.6 Å². The zero-order valence-electron chi connectivity index (χ0n) is 46.5. The van der Waals surface area contributed by atoms with Gasteiger partial charge in [-0.15, -0.1) is 0 Å². The van der Waals surface area contributed by atoms with Crippen LogP contribution in [-0.2, 0) is 10.8 Å². The van der Waals surface area contributed by atoms with Crippen LogP contribution in [-0.4, -0.2) is 20.1 Å². The molecule has 382 valence electrons. The summed E-state index contributed by atoms with van der Waals surface area (Å²) in [5.41, 5.74) is 34.3. The molecule has 11 aromatic rings. The molecule has 11 aromatic carbocycles. The van der Waals surface area contributed by atoms with Crippen molar-refractivity contribution in [2.24, 2.45) is 0 Å². The van der Waals surface area contributed by atoms with Gasteiger partial charge in [0.15, 0.2) is 0 Å². The molecule has 7 heteroatoms. The van der Waals surface area contributed by atoms with E-state index in [1.54, 1.807) is 0 Å². The van der Waals surface area contributed by atoms with E-state index < -0.39 is 0 Å². The lowest BCUT2D eigenvalue weighted by Gasteiger charge is -2.53. The van der Waals surface area contributed by atoms with E-state index in [-0.39, 0.29) is 31.0 Å². The fourth-order valence-corrected chi connectivity index (χ4v) is 15.0. The Balaban J connectivity index is 1.06. The zero-order chi connectivity index (χ0) is 54.2. The van der Waals surface area contributed by atoms with Gasteiger partial charge in [-0.3, -0.25) is 0 Å². The molecule has 0 amide bonds. The second-order valence-corrected chi connectivity index (χ2v) is 25.2. The number of rotatable bonds is 4. The number of nitrogens with zero attached hydrogens (tertiary/aromatic N) is 4. The monoisotopic (exact) mass is 1030 g/mol. The summed E-state index contributed by atoms with van der Waals surface area (Å²) in [4.78, 5) is 10.6. The van der Waals surface area contributed by atoms with Gasteiger partial charge >= 0.3 is 0 Å². The Labute approximate surface area is 476 Å². The van der Waals surface area contributed by atoms with Gasteiger partial charge in [0.05, 0.1) is 0 Å². The normalized spacial score (nSPS) is 14.4. The third-order valence-corrected chi connectivity index (χ3v) is 18.7. The van der Waals surface area contributed by atoms with Gasteiger partial charge in [0, 0.05) is 68.2 Å². The number of fused-ring (bicyclic) bond motifs is 14. The van der Waals surface area contributed by atoms with Crippen LogP contribution in [0.3, 0.4) is 0 Å². The summed E-state index contributed by atoms with van der Waals surface area (Å²) in [6.45, 7) is 14.1. The first kappa shape index (κ1) is 46.7. The first-order valence-electron chi connectivity index (χ1n) is 28.9. The van der Waals surface area contributed by atoms with E-state index in [2.05, 4.69) is 298 Å². The van der Waals surface area contributed by atoms with Crippen molar-refractivity contribution in [3.05, 3.63) is 248 Å². The first-order chi connectivity index (χ1) is 39.5. The maximum Gasteiger partial charge on any atom is 0.252 e. The zero-order valence-corrected chi connectivity index (χ0v) is 46.5. The average Bonchev–Trinajstić information content (AvgIpc) is 3.68. The van der Waals surface area contributed by atoms with Crippen molar-refractivity contribution in [2.45, 2.75) is 52.4 Å². The largest absolute Gasteiger partial charge is 0.312 e. The summed E-state index contributed by atoms with van der Waals surface area (Å²) in [5, 5.41) is 0. The fourth-order valence-electron chi connectivity index (χ4n) is 15.0. The van der Waals surface area contributed by atoms with Crippen molar-refractivity contribution < 1.29 is 0 Å². The number of anilines is 12. The predicted octanol–water partition coefficient (Wildman–Crippen LogP) is 12.9. The van der Waals surface area contributed by atoms with Crippen molar-refractivity contribution in [2.75, 3.05) is 19.6 Å². The van der Waals surface area contributed by atoms with Crippen LogP contribution in [0.4, 0.5) is 68.2 Å². The number of para-hydroxylation sites is 4. The average molecular weight is 1030 g/mol.